The maximum absolute atomic E-state index is 13.5. The Morgan fingerprint density at radius 1 is 0.879 bits per heavy atom. The van der Waals surface area contributed by atoms with Crippen LogP contribution < -0.4 is 14.2 Å². The summed E-state index contributed by atoms with van der Waals surface area (Å²) in [6.45, 7) is 4.11. The average molecular weight is 451 g/mol. The summed E-state index contributed by atoms with van der Waals surface area (Å²) in [5.74, 6) is 2.03. The second kappa shape index (κ2) is 9.98. The van der Waals surface area contributed by atoms with Crippen molar-refractivity contribution in [3.8, 4) is 17.2 Å². The molecule has 0 saturated carbocycles. The van der Waals surface area contributed by atoms with Crippen LogP contribution in [0.5, 0.6) is 17.2 Å². The van der Waals surface area contributed by atoms with Crippen molar-refractivity contribution in [2.45, 2.75) is 19.8 Å². The number of benzene rings is 2. The van der Waals surface area contributed by atoms with Crippen LogP contribution in [0.1, 0.15) is 25.3 Å². The summed E-state index contributed by atoms with van der Waals surface area (Å²) in [5.41, 5.74) is 1.68. The number of methoxy groups -OCH3 is 2. The molecule has 0 bridgehead atoms. The number of nitrogens with zero attached hydrogens (tertiary/aromatic N) is 2. The first-order valence-electron chi connectivity index (χ1n) is 11.3. The molecule has 1 atom stereocenters. The van der Waals surface area contributed by atoms with Crippen molar-refractivity contribution in [3.63, 3.8) is 0 Å². The van der Waals surface area contributed by atoms with E-state index in [4.69, 9.17) is 14.2 Å². The van der Waals surface area contributed by atoms with Crippen molar-refractivity contribution < 1.29 is 23.8 Å². The Kier molecular flexibility index (Phi) is 6.87. The molecule has 4 rings (SSSR count). The highest BCUT2D eigenvalue weighted by atomic mass is 16.5. The molecular weight excluding hydrogens is 420 g/mol. The van der Waals surface area contributed by atoms with Gasteiger partial charge in [-0.2, -0.15) is 0 Å². The predicted molar refractivity (Wildman–Crippen MR) is 125 cm³/mol. The van der Waals surface area contributed by atoms with Crippen molar-refractivity contribution in [1.29, 1.82) is 0 Å². The van der Waals surface area contributed by atoms with Crippen molar-refractivity contribution in [2.75, 3.05) is 40.5 Å². The normalized spacial score (nSPS) is 18.7. The fourth-order valence-corrected chi connectivity index (χ4v) is 4.40. The molecular formula is C26H30N2O5. The molecule has 0 radical (unpaired) electrons. The number of imide groups is 1. The van der Waals surface area contributed by atoms with E-state index in [0.717, 1.165) is 37.2 Å². The summed E-state index contributed by atoms with van der Waals surface area (Å²) in [4.78, 5) is 30.3. The van der Waals surface area contributed by atoms with Crippen LogP contribution in [0.3, 0.4) is 0 Å². The van der Waals surface area contributed by atoms with Crippen LogP contribution in [0.2, 0.25) is 0 Å². The molecule has 174 valence electrons. The van der Waals surface area contributed by atoms with Gasteiger partial charge in [-0.15, -0.1) is 0 Å². The molecule has 33 heavy (non-hydrogen) atoms. The third-order valence-electron chi connectivity index (χ3n) is 6.14. The average Bonchev–Trinajstić information content (AvgIpc) is 3.09. The number of likely N-dealkylation sites (tertiary alicyclic amines) is 1. The molecule has 2 aliphatic heterocycles. The summed E-state index contributed by atoms with van der Waals surface area (Å²) in [6.07, 6.45) is 2.13. The molecule has 2 aromatic rings. The molecule has 2 aromatic carbocycles. The third kappa shape index (κ3) is 4.82. The largest absolute Gasteiger partial charge is 0.497 e. The van der Waals surface area contributed by atoms with Crippen molar-refractivity contribution in [1.82, 2.24) is 9.80 Å². The van der Waals surface area contributed by atoms with Crippen LogP contribution in [0, 0.1) is 5.92 Å². The van der Waals surface area contributed by atoms with E-state index in [-0.39, 0.29) is 25.0 Å². The van der Waals surface area contributed by atoms with Gasteiger partial charge in [0, 0.05) is 13.1 Å². The number of carbonyl (C=O) groups excluding carboxylic acids is 2. The van der Waals surface area contributed by atoms with E-state index in [2.05, 4.69) is 11.8 Å². The van der Waals surface area contributed by atoms with Crippen LogP contribution in [0.25, 0.3) is 5.57 Å². The van der Waals surface area contributed by atoms with Gasteiger partial charge in [0.05, 0.1) is 26.3 Å². The quantitative estimate of drug-likeness (QED) is 0.573. The van der Waals surface area contributed by atoms with Gasteiger partial charge in [0.1, 0.15) is 29.6 Å². The summed E-state index contributed by atoms with van der Waals surface area (Å²) < 4.78 is 16.2. The Morgan fingerprint density at radius 2 is 1.48 bits per heavy atom. The number of ether oxygens (including phenoxy) is 3. The topological polar surface area (TPSA) is 68.3 Å². The lowest BCUT2D eigenvalue weighted by Crippen LogP contribution is -2.40. The zero-order chi connectivity index (χ0) is 23.4. The fraction of sp³-hybridized carbons (Fsp3) is 0.385. The molecule has 2 heterocycles. The molecule has 0 N–H and O–H groups in total. The first kappa shape index (κ1) is 22.7. The summed E-state index contributed by atoms with van der Waals surface area (Å²) in [6, 6.07) is 14.5. The minimum atomic E-state index is -0.281. The molecule has 0 aliphatic carbocycles. The lowest BCUT2D eigenvalue weighted by atomic mass is 9.98. The van der Waals surface area contributed by atoms with Gasteiger partial charge in [0.2, 0.25) is 0 Å². The SMILES string of the molecule is COc1ccc(OCCN2C(=O)C(c3ccc(OC)cc3)=C(N3CCCC(C)C3)C2=O)cc1. The molecule has 0 aromatic heterocycles. The van der Waals surface area contributed by atoms with Gasteiger partial charge in [0.15, 0.2) is 0 Å². The summed E-state index contributed by atoms with van der Waals surface area (Å²) in [5, 5.41) is 0. The zero-order valence-electron chi connectivity index (χ0n) is 19.4. The monoisotopic (exact) mass is 450 g/mol. The summed E-state index contributed by atoms with van der Waals surface area (Å²) >= 11 is 0. The Bertz CT molecular complexity index is 1030. The molecule has 2 amide bonds. The minimum Gasteiger partial charge on any atom is -0.497 e. The van der Waals surface area contributed by atoms with E-state index >= 15 is 0 Å². The minimum absolute atomic E-state index is 0.177. The van der Waals surface area contributed by atoms with Crippen molar-refractivity contribution in [3.05, 3.63) is 59.8 Å². The standard InChI is InChI=1S/C26H30N2O5/c1-18-5-4-14-27(17-18)24-23(19-6-8-20(31-2)9-7-19)25(29)28(26(24)30)15-16-33-22-12-10-21(32-3)11-13-22/h6-13,18H,4-5,14-17H2,1-3H3. The van der Waals surface area contributed by atoms with Crippen LogP contribution in [-0.2, 0) is 9.59 Å². The lowest BCUT2D eigenvalue weighted by molar-refractivity contribution is -0.138. The second-order valence-corrected chi connectivity index (χ2v) is 8.43. The highest BCUT2D eigenvalue weighted by Gasteiger charge is 2.42. The van der Waals surface area contributed by atoms with Crippen molar-refractivity contribution >= 4 is 17.4 Å². The van der Waals surface area contributed by atoms with Crippen molar-refractivity contribution in [2.24, 2.45) is 5.92 Å². The molecule has 2 aliphatic rings. The van der Waals surface area contributed by atoms with E-state index in [1.807, 2.05) is 24.3 Å². The summed E-state index contributed by atoms with van der Waals surface area (Å²) in [7, 11) is 3.21. The predicted octanol–water partition coefficient (Wildman–Crippen LogP) is 3.59. The molecule has 1 saturated heterocycles. The zero-order valence-corrected chi connectivity index (χ0v) is 19.4. The number of carbonyl (C=O) groups is 2. The molecule has 1 unspecified atom stereocenters. The highest BCUT2D eigenvalue weighted by Crippen LogP contribution is 2.34. The smallest absolute Gasteiger partial charge is 0.277 e. The number of piperidine rings is 1. The van der Waals surface area contributed by atoms with E-state index in [0.29, 0.717) is 28.7 Å². The van der Waals surface area contributed by atoms with Crippen LogP contribution >= 0.6 is 0 Å². The molecule has 7 heteroatoms. The number of hydrogen-bond donors (Lipinski definition) is 0. The number of hydrogen-bond acceptors (Lipinski definition) is 6. The van der Waals surface area contributed by atoms with Gasteiger partial charge in [0.25, 0.3) is 11.8 Å². The van der Waals surface area contributed by atoms with Gasteiger partial charge in [-0.05, 0) is 60.7 Å². The Hall–Kier alpha value is -3.48. The molecule has 7 nitrogen and oxygen atoms in total. The Morgan fingerprint density at radius 3 is 2.09 bits per heavy atom. The first-order chi connectivity index (χ1) is 16.0. The van der Waals surface area contributed by atoms with Gasteiger partial charge in [-0.25, -0.2) is 0 Å². The lowest BCUT2D eigenvalue weighted by Gasteiger charge is -2.33. The van der Waals surface area contributed by atoms with Crippen LogP contribution in [-0.4, -0.2) is 62.1 Å². The number of rotatable bonds is 8. The Balaban J connectivity index is 1.55. The molecule has 0 spiro atoms. The Labute approximate surface area is 194 Å². The first-order valence-corrected chi connectivity index (χ1v) is 11.3. The highest BCUT2D eigenvalue weighted by molar-refractivity contribution is 6.35. The van der Waals surface area contributed by atoms with E-state index in [1.165, 1.54) is 4.90 Å². The van der Waals surface area contributed by atoms with Gasteiger partial charge >= 0.3 is 0 Å². The van der Waals surface area contributed by atoms with Gasteiger partial charge in [-0.1, -0.05) is 19.1 Å². The molecule has 1 fully saturated rings. The van der Waals surface area contributed by atoms with E-state index < -0.39 is 0 Å². The fourth-order valence-electron chi connectivity index (χ4n) is 4.40. The van der Waals surface area contributed by atoms with E-state index in [9.17, 15) is 9.59 Å². The maximum Gasteiger partial charge on any atom is 0.277 e. The van der Waals surface area contributed by atoms with E-state index in [1.54, 1.807) is 38.5 Å². The van der Waals surface area contributed by atoms with Gasteiger partial charge in [-0.3, -0.25) is 14.5 Å². The van der Waals surface area contributed by atoms with Gasteiger partial charge < -0.3 is 19.1 Å². The van der Waals surface area contributed by atoms with Crippen LogP contribution in [0.15, 0.2) is 54.2 Å². The maximum atomic E-state index is 13.5. The second-order valence-electron chi connectivity index (χ2n) is 8.43. The third-order valence-corrected chi connectivity index (χ3v) is 6.14. The number of amides is 2. The van der Waals surface area contributed by atoms with Crippen LogP contribution in [0.4, 0.5) is 0 Å².